The molecule has 0 saturated heterocycles. The van der Waals surface area contributed by atoms with Crippen LogP contribution in [0.5, 0.6) is 0 Å². The van der Waals surface area contributed by atoms with E-state index in [9.17, 15) is 0 Å². The molecule has 2 heteroatoms. The van der Waals surface area contributed by atoms with Crippen molar-refractivity contribution < 1.29 is 0 Å². The third-order valence-corrected chi connectivity index (χ3v) is 8.32. The van der Waals surface area contributed by atoms with Gasteiger partial charge in [-0.15, -0.1) is 0 Å². The summed E-state index contributed by atoms with van der Waals surface area (Å²) in [4.78, 5) is 0. The van der Waals surface area contributed by atoms with E-state index in [0.717, 1.165) is 12.8 Å². The van der Waals surface area contributed by atoms with E-state index in [1.807, 2.05) is 6.07 Å². The summed E-state index contributed by atoms with van der Waals surface area (Å²) in [6.45, 7) is 0. The van der Waals surface area contributed by atoms with Crippen molar-refractivity contribution in [3.05, 3.63) is 122 Å². The van der Waals surface area contributed by atoms with Crippen LogP contribution in [0.3, 0.4) is 0 Å². The van der Waals surface area contributed by atoms with Crippen LogP contribution in [0, 0.1) is 0 Å². The zero-order chi connectivity index (χ0) is 22.4. The molecular formula is C31H26Cl2. The summed E-state index contributed by atoms with van der Waals surface area (Å²) in [5, 5.41) is 3.99. The highest BCUT2D eigenvalue weighted by atomic mass is 35.5. The van der Waals surface area contributed by atoms with E-state index in [1.54, 1.807) is 0 Å². The van der Waals surface area contributed by atoms with Gasteiger partial charge in [0, 0.05) is 11.8 Å². The van der Waals surface area contributed by atoms with Gasteiger partial charge >= 0.3 is 0 Å². The molecule has 164 valence electrons. The molecule has 1 fully saturated rings. The second-order valence-corrected chi connectivity index (χ2v) is 10.2. The second kappa shape index (κ2) is 8.67. The van der Waals surface area contributed by atoms with Crippen molar-refractivity contribution in [3.8, 4) is 0 Å². The summed E-state index contributed by atoms with van der Waals surface area (Å²) in [5.74, 6) is 0.901. The predicted molar refractivity (Wildman–Crippen MR) is 142 cm³/mol. The SMILES string of the molecule is Clc1ccc(C2CCC/C2=C\c2c3c(cc4ccccc24)C(c2ccccc2)CC3)cc1Cl. The Kier molecular flexibility index (Phi) is 5.52. The minimum absolute atomic E-state index is 0.417. The first-order valence-corrected chi connectivity index (χ1v) is 12.7. The minimum atomic E-state index is 0.417. The fourth-order valence-electron chi connectivity index (χ4n) is 6.01. The van der Waals surface area contributed by atoms with Gasteiger partial charge in [-0.05, 0) is 82.8 Å². The fraction of sp³-hybridized carbons (Fsp3) is 0.226. The lowest BCUT2D eigenvalue weighted by Crippen LogP contribution is -1.99. The third kappa shape index (κ3) is 3.80. The van der Waals surface area contributed by atoms with Crippen LogP contribution in [0.4, 0.5) is 0 Å². The Labute approximate surface area is 205 Å². The molecule has 6 rings (SSSR count). The Bertz CT molecular complexity index is 1370. The maximum absolute atomic E-state index is 6.38. The van der Waals surface area contributed by atoms with Crippen LogP contribution in [0.1, 0.15) is 65.3 Å². The molecule has 2 aliphatic carbocycles. The standard InChI is InChI=1S/C31H26Cl2/c32-30-16-13-23(19-31(30)33)24-12-6-10-21(24)17-28-25-11-5-4-9-22(25)18-29-26(14-15-27(28)29)20-7-2-1-3-8-20/h1-5,7-9,11,13,16-19,24,26H,6,10,12,14-15H2/b21-17+. The molecule has 0 aliphatic heterocycles. The van der Waals surface area contributed by atoms with Crippen LogP contribution >= 0.6 is 23.2 Å². The summed E-state index contributed by atoms with van der Waals surface area (Å²) in [6, 6.07) is 28.5. The highest BCUT2D eigenvalue weighted by Crippen LogP contribution is 2.46. The highest BCUT2D eigenvalue weighted by Gasteiger charge is 2.29. The van der Waals surface area contributed by atoms with Gasteiger partial charge < -0.3 is 0 Å². The van der Waals surface area contributed by atoms with Crippen LogP contribution < -0.4 is 0 Å². The van der Waals surface area contributed by atoms with Crippen molar-refractivity contribution in [2.24, 2.45) is 0 Å². The molecule has 0 N–H and O–H groups in total. The first-order valence-electron chi connectivity index (χ1n) is 11.9. The van der Waals surface area contributed by atoms with E-state index in [1.165, 1.54) is 63.4 Å². The molecule has 0 nitrogen and oxygen atoms in total. The van der Waals surface area contributed by atoms with Gasteiger partial charge in [0.1, 0.15) is 0 Å². The number of halogens is 2. The van der Waals surface area contributed by atoms with E-state index >= 15 is 0 Å². The van der Waals surface area contributed by atoms with Gasteiger partial charge in [0.2, 0.25) is 0 Å². The quantitative estimate of drug-likeness (QED) is 0.280. The van der Waals surface area contributed by atoms with Crippen LogP contribution in [0.2, 0.25) is 10.0 Å². The summed E-state index contributed by atoms with van der Waals surface area (Å²) >= 11 is 12.6. The fourth-order valence-corrected chi connectivity index (χ4v) is 6.32. The number of fused-ring (bicyclic) bond motifs is 2. The van der Waals surface area contributed by atoms with E-state index in [4.69, 9.17) is 23.2 Å². The van der Waals surface area contributed by atoms with Crippen LogP contribution in [-0.4, -0.2) is 0 Å². The average Bonchev–Trinajstić information content (AvgIpc) is 3.48. The summed E-state index contributed by atoms with van der Waals surface area (Å²) in [7, 11) is 0. The van der Waals surface area contributed by atoms with Gasteiger partial charge in [0.25, 0.3) is 0 Å². The van der Waals surface area contributed by atoms with E-state index < -0.39 is 0 Å². The van der Waals surface area contributed by atoms with E-state index in [-0.39, 0.29) is 0 Å². The van der Waals surface area contributed by atoms with Crippen LogP contribution in [0.25, 0.3) is 16.8 Å². The molecule has 0 bridgehead atoms. The Balaban J connectivity index is 1.50. The van der Waals surface area contributed by atoms with Gasteiger partial charge in [-0.1, -0.05) is 102 Å². The maximum atomic E-state index is 6.38. The molecule has 2 aliphatic rings. The van der Waals surface area contributed by atoms with Crippen molar-refractivity contribution >= 4 is 40.1 Å². The molecule has 1 saturated carbocycles. The summed E-state index contributed by atoms with van der Waals surface area (Å²) < 4.78 is 0. The summed E-state index contributed by atoms with van der Waals surface area (Å²) in [5.41, 5.74) is 8.72. The lowest BCUT2D eigenvalue weighted by Gasteiger charge is -2.18. The minimum Gasteiger partial charge on any atom is -0.0827 e. The number of allylic oxidation sites excluding steroid dienone is 1. The molecule has 0 amide bonds. The topological polar surface area (TPSA) is 0 Å². The first kappa shape index (κ1) is 21.0. The molecule has 4 aromatic rings. The number of rotatable bonds is 3. The third-order valence-electron chi connectivity index (χ3n) is 7.58. The van der Waals surface area contributed by atoms with Gasteiger partial charge in [-0.25, -0.2) is 0 Å². The Hall–Kier alpha value is -2.54. The van der Waals surface area contributed by atoms with Crippen molar-refractivity contribution in [3.63, 3.8) is 0 Å². The average molecular weight is 469 g/mol. The number of benzene rings is 4. The largest absolute Gasteiger partial charge is 0.0827 e. The molecule has 0 spiro atoms. The number of hydrogen-bond donors (Lipinski definition) is 0. The second-order valence-electron chi connectivity index (χ2n) is 9.42. The van der Waals surface area contributed by atoms with Crippen LogP contribution in [-0.2, 0) is 6.42 Å². The predicted octanol–water partition coefficient (Wildman–Crippen LogP) is 9.58. The Morgan fingerprint density at radius 2 is 1.52 bits per heavy atom. The normalized spacial score (nSPS) is 21.1. The molecule has 4 aromatic carbocycles. The Morgan fingerprint density at radius 3 is 2.36 bits per heavy atom. The molecular weight excluding hydrogens is 443 g/mol. The van der Waals surface area contributed by atoms with Gasteiger partial charge in [0.05, 0.1) is 10.0 Å². The first-order chi connectivity index (χ1) is 16.2. The molecule has 2 atom stereocenters. The zero-order valence-electron chi connectivity index (χ0n) is 18.5. The lowest BCUT2D eigenvalue weighted by molar-refractivity contribution is 0.788. The van der Waals surface area contributed by atoms with Gasteiger partial charge in [-0.2, -0.15) is 0 Å². The highest BCUT2D eigenvalue weighted by molar-refractivity contribution is 6.42. The molecule has 0 aromatic heterocycles. The molecule has 2 unspecified atom stereocenters. The molecule has 0 heterocycles. The van der Waals surface area contributed by atoms with E-state index in [0.29, 0.717) is 21.9 Å². The van der Waals surface area contributed by atoms with E-state index in [2.05, 4.69) is 78.9 Å². The van der Waals surface area contributed by atoms with Gasteiger partial charge in [0.15, 0.2) is 0 Å². The van der Waals surface area contributed by atoms with Crippen molar-refractivity contribution in [2.45, 2.75) is 43.9 Å². The summed E-state index contributed by atoms with van der Waals surface area (Å²) in [6.07, 6.45) is 8.37. The lowest BCUT2D eigenvalue weighted by atomic mass is 9.87. The zero-order valence-corrected chi connectivity index (χ0v) is 20.0. The molecule has 33 heavy (non-hydrogen) atoms. The van der Waals surface area contributed by atoms with Crippen molar-refractivity contribution in [1.82, 2.24) is 0 Å². The monoisotopic (exact) mass is 468 g/mol. The van der Waals surface area contributed by atoms with Crippen LogP contribution in [0.15, 0.2) is 84.4 Å². The van der Waals surface area contributed by atoms with Gasteiger partial charge in [-0.3, -0.25) is 0 Å². The Morgan fingerprint density at radius 1 is 0.697 bits per heavy atom. The maximum Gasteiger partial charge on any atom is 0.0595 e. The van der Waals surface area contributed by atoms with Crippen molar-refractivity contribution in [1.29, 1.82) is 0 Å². The van der Waals surface area contributed by atoms with Crippen molar-refractivity contribution in [2.75, 3.05) is 0 Å². The number of hydrogen-bond acceptors (Lipinski definition) is 0. The molecule has 0 radical (unpaired) electrons. The smallest absolute Gasteiger partial charge is 0.0595 e.